The van der Waals surface area contributed by atoms with E-state index in [9.17, 15) is 10.4 Å². The zero-order valence-corrected chi connectivity index (χ0v) is 11.4. The van der Waals surface area contributed by atoms with Crippen LogP contribution in [-0.4, -0.2) is 11.2 Å². The molecule has 1 saturated carbocycles. The monoisotopic (exact) mass is 237 g/mol. The van der Waals surface area contributed by atoms with E-state index in [0.717, 1.165) is 50.9 Å². The van der Waals surface area contributed by atoms with Gasteiger partial charge < -0.3 is 5.11 Å². The minimum Gasteiger partial charge on any atom is -0.391 e. The van der Waals surface area contributed by atoms with Gasteiger partial charge in [-0.2, -0.15) is 5.26 Å². The Labute approximate surface area is 106 Å². The molecule has 2 nitrogen and oxygen atoms in total. The lowest BCUT2D eigenvalue weighted by Gasteiger charge is -2.38. The molecule has 98 valence electrons. The topological polar surface area (TPSA) is 44.0 Å². The van der Waals surface area contributed by atoms with Crippen LogP contribution in [0.1, 0.15) is 71.6 Å². The number of unbranched alkanes of at least 4 members (excludes halogenated alkanes) is 1. The number of hydrogen-bond donors (Lipinski definition) is 1. The molecule has 2 heteroatoms. The maximum absolute atomic E-state index is 10.2. The molecule has 1 aliphatic carbocycles. The van der Waals surface area contributed by atoms with Crippen molar-refractivity contribution < 1.29 is 5.11 Å². The molecule has 0 aromatic rings. The van der Waals surface area contributed by atoms with Crippen LogP contribution in [0, 0.1) is 22.7 Å². The van der Waals surface area contributed by atoms with Crippen molar-refractivity contribution in [1.82, 2.24) is 0 Å². The van der Waals surface area contributed by atoms with E-state index in [2.05, 4.69) is 19.9 Å². The number of nitriles is 1. The van der Waals surface area contributed by atoms with E-state index < -0.39 is 11.5 Å². The maximum atomic E-state index is 10.2. The van der Waals surface area contributed by atoms with E-state index >= 15 is 0 Å². The number of rotatable bonds is 6. The lowest BCUT2D eigenvalue weighted by atomic mass is 9.66. The first-order chi connectivity index (χ1) is 8.18. The van der Waals surface area contributed by atoms with Crippen LogP contribution in [0.4, 0.5) is 0 Å². The number of hydrogen-bond acceptors (Lipinski definition) is 2. The second-order valence-electron chi connectivity index (χ2n) is 5.66. The molecular weight excluding hydrogens is 210 g/mol. The molecule has 0 spiro atoms. The SMILES string of the molecule is CCCCC(O)C1(C#N)CCC(CCC)CC1. The highest BCUT2D eigenvalue weighted by atomic mass is 16.3. The first kappa shape index (κ1) is 14.5. The van der Waals surface area contributed by atoms with Gasteiger partial charge in [0.05, 0.1) is 17.6 Å². The lowest BCUT2D eigenvalue weighted by molar-refractivity contribution is 0.0180. The molecule has 1 rings (SSSR count). The fraction of sp³-hybridized carbons (Fsp3) is 0.933. The summed E-state index contributed by atoms with van der Waals surface area (Å²) in [4.78, 5) is 0. The van der Waals surface area contributed by atoms with Crippen molar-refractivity contribution in [2.45, 2.75) is 77.7 Å². The van der Waals surface area contributed by atoms with Crippen molar-refractivity contribution in [2.24, 2.45) is 11.3 Å². The summed E-state index contributed by atoms with van der Waals surface area (Å²) in [6, 6.07) is 2.44. The van der Waals surface area contributed by atoms with Crippen molar-refractivity contribution in [1.29, 1.82) is 5.26 Å². The molecule has 17 heavy (non-hydrogen) atoms. The van der Waals surface area contributed by atoms with Crippen molar-refractivity contribution in [3.63, 3.8) is 0 Å². The van der Waals surface area contributed by atoms with Gasteiger partial charge in [0.25, 0.3) is 0 Å². The van der Waals surface area contributed by atoms with Crippen LogP contribution in [0.5, 0.6) is 0 Å². The van der Waals surface area contributed by atoms with Crippen molar-refractivity contribution in [3.8, 4) is 6.07 Å². The smallest absolute Gasteiger partial charge is 0.0832 e. The third kappa shape index (κ3) is 3.71. The van der Waals surface area contributed by atoms with Crippen molar-refractivity contribution in [2.75, 3.05) is 0 Å². The Kier molecular flexibility index (Phi) is 5.98. The van der Waals surface area contributed by atoms with Gasteiger partial charge >= 0.3 is 0 Å². The molecule has 0 saturated heterocycles. The Hall–Kier alpha value is -0.550. The van der Waals surface area contributed by atoms with Gasteiger partial charge in [0.1, 0.15) is 0 Å². The standard InChI is InChI=1S/C15H27NO/c1-3-5-7-14(17)15(12-16)10-8-13(6-4-2)9-11-15/h13-14,17H,3-11H2,1-2H3. The van der Waals surface area contributed by atoms with Gasteiger partial charge in [-0.1, -0.05) is 39.5 Å². The highest BCUT2D eigenvalue weighted by molar-refractivity contribution is 5.05. The van der Waals surface area contributed by atoms with E-state index in [0.29, 0.717) is 0 Å². The molecule has 0 aromatic heterocycles. The van der Waals surface area contributed by atoms with Gasteiger partial charge in [0, 0.05) is 0 Å². The molecule has 1 N–H and O–H groups in total. The zero-order valence-electron chi connectivity index (χ0n) is 11.4. The number of aliphatic hydroxyl groups excluding tert-OH is 1. The molecular formula is C15H27NO. The zero-order chi connectivity index (χ0) is 12.7. The van der Waals surface area contributed by atoms with Crippen LogP contribution in [0.25, 0.3) is 0 Å². The highest BCUT2D eigenvalue weighted by Gasteiger charge is 2.40. The molecule has 0 radical (unpaired) electrons. The number of nitrogens with zero attached hydrogens (tertiary/aromatic N) is 1. The summed E-state index contributed by atoms with van der Waals surface area (Å²) in [5.41, 5.74) is -0.431. The summed E-state index contributed by atoms with van der Waals surface area (Å²) in [5, 5.41) is 19.7. The third-order valence-corrected chi connectivity index (χ3v) is 4.39. The second-order valence-corrected chi connectivity index (χ2v) is 5.66. The first-order valence-electron chi connectivity index (χ1n) is 7.27. The van der Waals surface area contributed by atoms with Crippen LogP contribution in [0.15, 0.2) is 0 Å². The maximum Gasteiger partial charge on any atom is 0.0832 e. The molecule has 0 amide bonds. The Balaban J connectivity index is 2.52. The van der Waals surface area contributed by atoms with E-state index in [1.165, 1.54) is 12.8 Å². The Morgan fingerprint density at radius 1 is 1.29 bits per heavy atom. The first-order valence-corrected chi connectivity index (χ1v) is 7.27. The molecule has 0 bridgehead atoms. The highest BCUT2D eigenvalue weighted by Crippen LogP contribution is 2.43. The molecule has 1 atom stereocenters. The van der Waals surface area contributed by atoms with Gasteiger partial charge in [0.2, 0.25) is 0 Å². The lowest BCUT2D eigenvalue weighted by Crippen LogP contribution is -2.37. The van der Waals surface area contributed by atoms with E-state index in [-0.39, 0.29) is 0 Å². The average molecular weight is 237 g/mol. The van der Waals surface area contributed by atoms with Crippen molar-refractivity contribution >= 4 is 0 Å². The number of aliphatic hydroxyl groups is 1. The van der Waals surface area contributed by atoms with E-state index in [1.54, 1.807) is 0 Å². The average Bonchev–Trinajstić information content (AvgIpc) is 2.37. The summed E-state index contributed by atoms with van der Waals surface area (Å²) in [5.74, 6) is 0.792. The molecule has 1 fully saturated rings. The van der Waals surface area contributed by atoms with Gasteiger partial charge in [-0.15, -0.1) is 0 Å². The quantitative estimate of drug-likeness (QED) is 0.757. The summed E-state index contributed by atoms with van der Waals surface area (Å²) < 4.78 is 0. The molecule has 1 unspecified atom stereocenters. The largest absolute Gasteiger partial charge is 0.391 e. The van der Waals surface area contributed by atoms with Crippen LogP contribution >= 0.6 is 0 Å². The normalized spacial score (nSPS) is 30.8. The predicted molar refractivity (Wildman–Crippen MR) is 70.4 cm³/mol. The summed E-state index contributed by atoms with van der Waals surface area (Å²) in [6.07, 6.45) is 9.10. The van der Waals surface area contributed by atoms with Crippen LogP contribution in [-0.2, 0) is 0 Å². The summed E-state index contributed by atoms with van der Waals surface area (Å²) in [6.45, 7) is 4.35. The molecule has 0 heterocycles. The van der Waals surface area contributed by atoms with Gasteiger partial charge in [-0.05, 0) is 38.0 Å². The Morgan fingerprint density at radius 2 is 1.94 bits per heavy atom. The van der Waals surface area contributed by atoms with Crippen LogP contribution in [0.3, 0.4) is 0 Å². The van der Waals surface area contributed by atoms with Crippen LogP contribution < -0.4 is 0 Å². The fourth-order valence-electron chi connectivity index (χ4n) is 3.08. The van der Waals surface area contributed by atoms with E-state index in [1.807, 2.05) is 0 Å². The Morgan fingerprint density at radius 3 is 2.41 bits per heavy atom. The molecule has 0 aromatic carbocycles. The second kappa shape index (κ2) is 7.01. The van der Waals surface area contributed by atoms with Crippen LogP contribution in [0.2, 0.25) is 0 Å². The predicted octanol–water partition coefficient (Wildman–Crippen LogP) is 4.04. The summed E-state index contributed by atoms with van der Waals surface area (Å²) >= 11 is 0. The summed E-state index contributed by atoms with van der Waals surface area (Å²) in [7, 11) is 0. The Bertz CT molecular complexity index is 248. The molecule has 0 aliphatic heterocycles. The third-order valence-electron chi connectivity index (χ3n) is 4.39. The minimum absolute atomic E-state index is 0.407. The fourth-order valence-corrected chi connectivity index (χ4v) is 3.08. The van der Waals surface area contributed by atoms with Gasteiger partial charge in [0.15, 0.2) is 0 Å². The molecule has 1 aliphatic rings. The van der Waals surface area contributed by atoms with Crippen molar-refractivity contribution in [3.05, 3.63) is 0 Å². The minimum atomic E-state index is -0.431. The van der Waals surface area contributed by atoms with Gasteiger partial charge in [-0.25, -0.2) is 0 Å². The van der Waals surface area contributed by atoms with E-state index in [4.69, 9.17) is 0 Å². The van der Waals surface area contributed by atoms with Gasteiger partial charge in [-0.3, -0.25) is 0 Å².